The lowest BCUT2D eigenvalue weighted by molar-refractivity contribution is -0.110. The Hall–Kier alpha value is -2.31. The molecule has 0 fully saturated rings. The number of fused-ring (bicyclic) bond motifs is 1. The van der Waals surface area contributed by atoms with Gasteiger partial charge in [-0.05, 0) is 35.2 Å². The van der Waals surface area contributed by atoms with E-state index in [1.54, 1.807) is 6.07 Å². The summed E-state index contributed by atoms with van der Waals surface area (Å²) in [7, 11) is 0. The SMILES string of the molecule is O=CC1Cc2cc(OCCn3ncnn3)cc(F)c2C1. The lowest BCUT2D eigenvalue weighted by Crippen LogP contribution is -2.11. The molecule has 0 radical (unpaired) electrons. The summed E-state index contributed by atoms with van der Waals surface area (Å²) in [5.74, 6) is 0.0442. The number of nitrogens with zero attached hydrogens (tertiary/aromatic N) is 4. The third-order valence-electron chi connectivity index (χ3n) is 3.35. The van der Waals surface area contributed by atoms with Gasteiger partial charge < -0.3 is 9.53 Å². The summed E-state index contributed by atoms with van der Waals surface area (Å²) in [5.41, 5.74) is 1.49. The maximum atomic E-state index is 13.9. The van der Waals surface area contributed by atoms with Crippen LogP contribution in [-0.4, -0.2) is 33.1 Å². The zero-order valence-electron chi connectivity index (χ0n) is 10.7. The molecule has 0 N–H and O–H groups in total. The van der Waals surface area contributed by atoms with Gasteiger partial charge in [-0.1, -0.05) is 0 Å². The third-order valence-corrected chi connectivity index (χ3v) is 3.35. The van der Waals surface area contributed by atoms with Crippen LogP contribution in [0.4, 0.5) is 4.39 Å². The molecule has 0 spiro atoms. The summed E-state index contributed by atoms with van der Waals surface area (Å²) < 4.78 is 19.4. The topological polar surface area (TPSA) is 69.9 Å². The predicted octanol–water partition coefficient (Wildman–Crippen LogP) is 0.805. The van der Waals surface area contributed by atoms with Gasteiger partial charge in [0.05, 0.1) is 6.54 Å². The lowest BCUT2D eigenvalue weighted by atomic mass is 10.1. The molecule has 1 aromatic heterocycles. The van der Waals surface area contributed by atoms with E-state index in [1.807, 2.05) is 0 Å². The summed E-state index contributed by atoms with van der Waals surface area (Å²) in [4.78, 5) is 12.2. The molecular formula is C13H13FN4O2. The molecule has 1 aliphatic carbocycles. The summed E-state index contributed by atoms with van der Waals surface area (Å²) >= 11 is 0. The number of tetrazole rings is 1. The highest BCUT2D eigenvalue weighted by Gasteiger charge is 2.24. The Labute approximate surface area is 114 Å². The number of rotatable bonds is 5. The van der Waals surface area contributed by atoms with Crippen LogP contribution in [0.25, 0.3) is 0 Å². The van der Waals surface area contributed by atoms with E-state index in [0.29, 0.717) is 37.3 Å². The van der Waals surface area contributed by atoms with Crippen molar-refractivity contribution in [1.82, 2.24) is 20.2 Å². The maximum Gasteiger partial charge on any atom is 0.162 e. The number of halogens is 1. The smallest absolute Gasteiger partial charge is 0.162 e. The van der Waals surface area contributed by atoms with Crippen molar-refractivity contribution in [2.45, 2.75) is 19.4 Å². The maximum absolute atomic E-state index is 13.9. The molecule has 1 aromatic carbocycles. The second-order valence-corrected chi connectivity index (χ2v) is 4.73. The normalized spacial score (nSPS) is 16.9. The molecule has 1 heterocycles. The van der Waals surface area contributed by atoms with Crippen LogP contribution in [0.15, 0.2) is 18.5 Å². The predicted molar refractivity (Wildman–Crippen MR) is 66.7 cm³/mol. The molecule has 20 heavy (non-hydrogen) atoms. The standard InChI is InChI=1S/C13H13FN4O2/c14-13-6-11(20-2-1-18-16-8-15-17-18)5-10-3-9(7-19)4-12(10)13/h5-9H,1-4H2. The molecule has 0 saturated carbocycles. The van der Waals surface area contributed by atoms with Crippen molar-refractivity contribution in [2.75, 3.05) is 6.61 Å². The average molecular weight is 276 g/mol. The number of ether oxygens (including phenoxy) is 1. The summed E-state index contributed by atoms with van der Waals surface area (Å²) in [6, 6.07) is 3.16. The minimum Gasteiger partial charge on any atom is -0.491 e. The van der Waals surface area contributed by atoms with Gasteiger partial charge in [0.1, 0.15) is 24.5 Å². The first-order valence-electron chi connectivity index (χ1n) is 6.36. The average Bonchev–Trinajstić information content (AvgIpc) is 3.07. The Morgan fingerprint density at radius 2 is 2.35 bits per heavy atom. The number of aromatic nitrogens is 4. The quantitative estimate of drug-likeness (QED) is 0.756. The second kappa shape index (κ2) is 5.36. The molecule has 0 amide bonds. The van der Waals surface area contributed by atoms with E-state index in [-0.39, 0.29) is 11.7 Å². The van der Waals surface area contributed by atoms with E-state index in [1.165, 1.54) is 17.2 Å². The molecular weight excluding hydrogens is 263 g/mol. The van der Waals surface area contributed by atoms with Crippen molar-refractivity contribution in [3.63, 3.8) is 0 Å². The summed E-state index contributed by atoms with van der Waals surface area (Å²) in [5, 5.41) is 11.1. The van der Waals surface area contributed by atoms with Crippen LogP contribution in [0, 0.1) is 11.7 Å². The molecule has 0 saturated heterocycles. The van der Waals surface area contributed by atoms with Crippen LogP contribution in [-0.2, 0) is 24.2 Å². The van der Waals surface area contributed by atoms with Crippen LogP contribution in [0.1, 0.15) is 11.1 Å². The van der Waals surface area contributed by atoms with Crippen molar-refractivity contribution in [3.05, 3.63) is 35.4 Å². The highest BCUT2D eigenvalue weighted by molar-refractivity contribution is 5.59. The van der Waals surface area contributed by atoms with Gasteiger partial charge in [-0.2, -0.15) is 4.80 Å². The molecule has 1 unspecified atom stereocenters. The van der Waals surface area contributed by atoms with Gasteiger partial charge in [-0.15, -0.1) is 10.2 Å². The minimum absolute atomic E-state index is 0.117. The zero-order chi connectivity index (χ0) is 13.9. The lowest BCUT2D eigenvalue weighted by Gasteiger charge is -2.08. The molecule has 3 rings (SSSR count). The van der Waals surface area contributed by atoms with Gasteiger partial charge in [-0.3, -0.25) is 0 Å². The Bertz CT molecular complexity index is 615. The van der Waals surface area contributed by atoms with Crippen LogP contribution in [0.3, 0.4) is 0 Å². The molecule has 6 nitrogen and oxygen atoms in total. The van der Waals surface area contributed by atoms with Gasteiger partial charge in [0, 0.05) is 12.0 Å². The summed E-state index contributed by atoms with van der Waals surface area (Å²) in [6.45, 7) is 0.765. The van der Waals surface area contributed by atoms with Crippen LogP contribution < -0.4 is 4.74 Å². The number of carbonyl (C=O) groups is 1. The van der Waals surface area contributed by atoms with Gasteiger partial charge in [0.15, 0.2) is 6.33 Å². The van der Waals surface area contributed by atoms with E-state index in [0.717, 1.165) is 11.8 Å². The third kappa shape index (κ3) is 2.52. The van der Waals surface area contributed by atoms with Crippen molar-refractivity contribution in [1.29, 1.82) is 0 Å². The molecule has 0 aliphatic heterocycles. The van der Waals surface area contributed by atoms with Gasteiger partial charge in [0.25, 0.3) is 0 Å². The number of aldehydes is 1. The summed E-state index contributed by atoms with van der Waals surface area (Å²) in [6.07, 6.45) is 3.29. The van der Waals surface area contributed by atoms with E-state index < -0.39 is 0 Å². The van der Waals surface area contributed by atoms with Gasteiger partial charge >= 0.3 is 0 Å². The molecule has 1 atom stereocenters. The second-order valence-electron chi connectivity index (χ2n) is 4.73. The van der Waals surface area contributed by atoms with E-state index in [4.69, 9.17) is 4.74 Å². The van der Waals surface area contributed by atoms with Crippen molar-refractivity contribution >= 4 is 6.29 Å². The van der Waals surface area contributed by atoms with Gasteiger partial charge in [-0.25, -0.2) is 4.39 Å². The fourth-order valence-corrected chi connectivity index (χ4v) is 2.41. The van der Waals surface area contributed by atoms with Crippen molar-refractivity contribution < 1.29 is 13.9 Å². The largest absolute Gasteiger partial charge is 0.491 e. The molecule has 104 valence electrons. The fraction of sp³-hybridized carbons (Fsp3) is 0.385. The monoisotopic (exact) mass is 276 g/mol. The van der Waals surface area contributed by atoms with Gasteiger partial charge in [0.2, 0.25) is 0 Å². The molecule has 7 heteroatoms. The van der Waals surface area contributed by atoms with Crippen molar-refractivity contribution in [3.8, 4) is 5.75 Å². The molecule has 1 aliphatic rings. The Balaban J connectivity index is 1.66. The Morgan fingerprint density at radius 3 is 3.10 bits per heavy atom. The number of carbonyl (C=O) groups excluding carboxylic acids is 1. The van der Waals surface area contributed by atoms with E-state index in [2.05, 4.69) is 15.4 Å². The Kier molecular flexibility index (Phi) is 3.41. The number of hydrogen-bond acceptors (Lipinski definition) is 5. The van der Waals surface area contributed by atoms with Crippen LogP contribution in [0.2, 0.25) is 0 Å². The minimum atomic E-state index is -0.305. The van der Waals surface area contributed by atoms with E-state index >= 15 is 0 Å². The van der Waals surface area contributed by atoms with Crippen LogP contribution >= 0.6 is 0 Å². The first-order valence-corrected chi connectivity index (χ1v) is 6.36. The van der Waals surface area contributed by atoms with E-state index in [9.17, 15) is 9.18 Å². The Morgan fingerprint density at radius 1 is 1.45 bits per heavy atom. The highest BCUT2D eigenvalue weighted by atomic mass is 19.1. The number of benzene rings is 1. The molecule has 2 aromatic rings. The fourth-order valence-electron chi connectivity index (χ4n) is 2.41. The molecule has 0 bridgehead atoms. The number of hydrogen-bond donors (Lipinski definition) is 0. The van der Waals surface area contributed by atoms with Crippen molar-refractivity contribution in [2.24, 2.45) is 5.92 Å². The highest BCUT2D eigenvalue weighted by Crippen LogP contribution is 2.31. The first kappa shape index (κ1) is 12.7. The zero-order valence-corrected chi connectivity index (χ0v) is 10.7. The first-order chi connectivity index (χ1) is 9.76. The van der Waals surface area contributed by atoms with Crippen LogP contribution in [0.5, 0.6) is 5.75 Å².